The molecule has 0 aliphatic carbocycles. The Labute approximate surface area is 123 Å². The lowest BCUT2D eigenvalue weighted by Crippen LogP contribution is -2.47. The van der Waals surface area contributed by atoms with Crippen LogP contribution >= 0.6 is 11.6 Å². The lowest BCUT2D eigenvalue weighted by atomic mass is 10.1. The summed E-state index contributed by atoms with van der Waals surface area (Å²) in [6.45, 7) is 3.55. The standard InChI is InChI=1S/C14H19ClN2O3/c1-9(11-6-4-5-7-12(11)15)16-8-13(14(19)20-3)17-10(2)18/h4-7,9,13,16H,8H2,1-3H3,(H,17,18). The first kappa shape index (κ1) is 16.5. The summed E-state index contributed by atoms with van der Waals surface area (Å²) in [5, 5.41) is 6.36. The summed E-state index contributed by atoms with van der Waals surface area (Å²) in [5.74, 6) is -0.772. The first-order chi connectivity index (χ1) is 9.45. The van der Waals surface area contributed by atoms with E-state index in [9.17, 15) is 9.59 Å². The first-order valence-corrected chi connectivity index (χ1v) is 6.66. The summed E-state index contributed by atoms with van der Waals surface area (Å²) in [6.07, 6.45) is 0. The highest BCUT2D eigenvalue weighted by Crippen LogP contribution is 2.21. The van der Waals surface area contributed by atoms with E-state index < -0.39 is 12.0 Å². The predicted molar refractivity (Wildman–Crippen MR) is 77.5 cm³/mol. The van der Waals surface area contributed by atoms with E-state index in [1.54, 1.807) is 6.07 Å². The van der Waals surface area contributed by atoms with E-state index in [1.807, 2.05) is 25.1 Å². The van der Waals surface area contributed by atoms with Gasteiger partial charge in [-0.3, -0.25) is 4.79 Å². The maximum Gasteiger partial charge on any atom is 0.329 e. The van der Waals surface area contributed by atoms with Crippen molar-refractivity contribution in [3.8, 4) is 0 Å². The van der Waals surface area contributed by atoms with Gasteiger partial charge in [0.1, 0.15) is 6.04 Å². The molecule has 0 saturated heterocycles. The van der Waals surface area contributed by atoms with E-state index >= 15 is 0 Å². The van der Waals surface area contributed by atoms with E-state index in [0.29, 0.717) is 5.02 Å². The predicted octanol–water partition coefficient (Wildman–Crippen LogP) is 1.67. The molecule has 0 aliphatic rings. The summed E-state index contributed by atoms with van der Waals surface area (Å²) >= 11 is 6.11. The molecule has 110 valence electrons. The van der Waals surface area contributed by atoms with Crippen molar-refractivity contribution in [3.05, 3.63) is 34.9 Å². The molecule has 20 heavy (non-hydrogen) atoms. The smallest absolute Gasteiger partial charge is 0.329 e. The van der Waals surface area contributed by atoms with Crippen LogP contribution in [0.4, 0.5) is 0 Å². The van der Waals surface area contributed by atoms with Crippen LogP contribution in [0.1, 0.15) is 25.5 Å². The van der Waals surface area contributed by atoms with E-state index in [1.165, 1.54) is 14.0 Å². The van der Waals surface area contributed by atoms with Gasteiger partial charge < -0.3 is 15.4 Å². The molecule has 0 heterocycles. The molecule has 1 aromatic carbocycles. The van der Waals surface area contributed by atoms with Crippen LogP contribution in [0.3, 0.4) is 0 Å². The molecule has 1 rings (SSSR count). The number of benzene rings is 1. The Balaban J connectivity index is 2.65. The number of methoxy groups -OCH3 is 1. The van der Waals surface area contributed by atoms with Crippen LogP contribution in [-0.4, -0.2) is 31.6 Å². The lowest BCUT2D eigenvalue weighted by Gasteiger charge is -2.20. The first-order valence-electron chi connectivity index (χ1n) is 6.28. The molecular formula is C14H19ClN2O3. The minimum atomic E-state index is -0.720. The number of esters is 1. The van der Waals surface area contributed by atoms with Crippen LogP contribution in [0.25, 0.3) is 0 Å². The summed E-state index contributed by atoms with van der Waals surface area (Å²) < 4.78 is 4.66. The highest BCUT2D eigenvalue weighted by atomic mass is 35.5. The number of hydrogen-bond acceptors (Lipinski definition) is 4. The van der Waals surface area contributed by atoms with Crippen LogP contribution in [0.2, 0.25) is 5.02 Å². The van der Waals surface area contributed by atoms with Gasteiger partial charge in [0.05, 0.1) is 7.11 Å². The summed E-state index contributed by atoms with van der Waals surface area (Å²) in [5.41, 5.74) is 0.931. The molecule has 0 spiro atoms. The zero-order valence-electron chi connectivity index (χ0n) is 11.8. The van der Waals surface area contributed by atoms with Crippen LogP contribution in [0.15, 0.2) is 24.3 Å². The molecule has 0 bridgehead atoms. The zero-order valence-corrected chi connectivity index (χ0v) is 12.5. The van der Waals surface area contributed by atoms with Crippen LogP contribution in [0, 0.1) is 0 Å². The van der Waals surface area contributed by atoms with Crippen molar-refractivity contribution in [1.82, 2.24) is 10.6 Å². The molecule has 6 heteroatoms. The van der Waals surface area contributed by atoms with E-state index in [2.05, 4.69) is 15.4 Å². The number of hydrogen-bond donors (Lipinski definition) is 2. The van der Waals surface area contributed by atoms with Gasteiger partial charge in [0.25, 0.3) is 0 Å². The normalized spacial score (nSPS) is 13.4. The molecule has 0 fully saturated rings. The van der Waals surface area contributed by atoms with E-state index in [0.717, 1.165) is 5.56 Å². The van der Waals surface area contributed by atoms with Gasteiger partial charge in [-0.15, -0.1) is 0 Å². The zero-order chi connectivity index (χ0) is 15.1. The molecule has 0 aromatic heterocycles. The maximum atomic E-state index is 11.6. The third-order valence-electron chi connectivity index (χ3n) is 2.86. The quantitative estimate of drug-likeness (QED) is 0.784. The third-order valence-corrected chi connectivity index (χ3v) is 3.21. The van der Waals surface area contributed by atoms with Crippen molar-refractivity contribution in [2.24, 2.45) is 0 Å². The number of halogens is 1. The second kappa shape index (κ2) is 7.87. The van der Waals surface area contributed by atoms with Crippen molar-refractivity contribution in [2.45, 2.75) is 25.9 Å². The van der Waals surface area contributed by atoms with Gasteiger partial charge in [0, 0.05) is 24.5 Å². The van der Waals surface area contributed by atoms with E-state index in [-0.39, 0.29) is 18.5 Å². The Morgan fingerprint density at radius 1 is 1.35 bits per heavy atom. The molecule has 1 amide bonds. The second-order valence-corrected chi connectivity index (χ2v) is 4.83. The summed E-state index contributed by atoms with van der Waals surface area (Å²) in [7, 11) is 1.29. The maximum absolute atomic E-state index is 11.6. The SMILES string of the molecule is COC(=O)C(CNC(C)c1ccccc1Cl)NC(C)=O. The minimum Gasteiger partial charge on any atom is -0.467 e. The molecule has 0 radical (unpaired) electrons. The molecule has 1 aromatic rings. The fourth-order valence-electron chi connectivity index (χ4n) is 1.81. The number of carbonyl (C=O) groups is 2. The second-order valence-electron chi connectivity index (χ2n) is 4.43. The Hall–Kier alpha value is -1.59. The largest absolute Gasteiger partial charge is 0.467 e. The van der Waals surface area contributed by atoms with Crippen LogP contribution in [-0.2, 0) is 14.3 Å². The molecular weight excluding hydrogens is 280 g/mol. The van der Waals surface area contributed by atoms with Gasteiger partial charge in [-0.05, 0) is 18.6 Å². The van der Waals surface area contributed by atoms with Gasteiger partial charge >= 0.3 is 5.97 Å². The molecule has 2 unspecified atom stereocenters. The van der Waals surface area contributed by atoms with Gasteiger partial charge in [0.15, 0.2) is 0 Å². The number of ether oxygens (including phenoxy) is 1. The molecule has 2 atom stereocenters. The van der Waals surface area contributed by atoms with Crippen molar-refractivity contribution in [2.75, 3.05) is 13.7 Å². The summed E-state index contributed by atoms with van der Waals surface area (Å²) in [6, 6.07) is 6.69. The van der Waals surface area contributed by atoms with Crippen molar-refractivity contribution < 1.29 is 14.3 Å². The molecule has 0 saturated carbocycles. The number of amides is 1. The average molecular weight is 299 g/mol. The Morgan fingerprint density at radius 3 is 2.55 bits per heavy atom. The van der Waals surface area contributed by atoms with Gasteiger partial charge in [-0.1, -0.05) is 29.8 Å². The number of nitrogens with one attached hydrogen (secondary N) is 2. The van der Waals surface area contributed by atoms with Gasteiger partial charge in [-0.2, -0.15) is 0 Å². The molecule has 5 nitrogen and oxygen atoms in total. The number of carbonyl (C=O) groups excluding carboxylic acids is 2. The highest BCUT2D eigenvalue weighted by Gasteiger charge is 2.21. The lowest BCUT2D eigenvalue weighted by molar-refractivity contribution is -0.144. The van der Waals surface area contributed by atoms with Crippen molar-refractivity contribution in [1.29, 1.82) is 0 Å². The Morgan fingerprint density at radius 2 is 2.00 bits per heavy atom. The average Bonchev–Trinajstić information content (AvgIpc) is 2.42. The fourth-order valence-corrected chi connectivity index (χ4v) is 2.11. The Bertz CT molecular complexity index is 479. The molecule has 2 N–H and O–H groups in total. The topological polar surface area (TPSA) is 67.4 Å². The Kier molecular flexibility index (Phi) is 6.48. The van der Waals surface area contributed by atoms with E-state index in [4.69, 9.17) is 11.6 Å². The van der Waals surface area contributed by atoms with Gasteiger partial charge in [-0.25, -0.2) is 4.79 Å². The monoisotopic (exact) mass is 298 g/mol. The summed E-state index contributed by atoms with van der Waals surface area (Å²) in [4.78, 5) is 22.6. The van der Waals surface area contributed by atoms with Crippen molar-refractivity contribution >= 4 is 23.5 Å². The minimum absolute atomic E-state index is 0.0513. The third kappa shape index (κ3) is 4.83. The van der Waals surface area contributed by atoms with Crippen LogP contribution in [0.5, 0.6) is 0 Å². The molecule has 0 aliphatic heterocycles. The van der Waals surface area contributed by atoms with Gasteiger partial charge in [0.2, 0.25) is 5.91 Å². The fraction of sp³-hybridized carbons (Fsp3) is 0.429. The number of rotatable bonds is 6. The highest BCUT2D eigenvalue weighted by molar-refractivity contribution is 6.31. The van der Waals surface area contributed by atoms with Crippen molar-refractivity contribution in [3.63, 3.8) is 0 Å². The van der Waals surface area contributed by atoms with Crippen LogP contribution < -0.4 is 10.6 Å².